The molecule has 2 aromatic heterocycles. The van der Waals surface area contributed by atoms with Crippen molar-refractivity contribution in [3.63, 3.8) is 0 Å². The number of rotatable bonds is 1. The fourth-order valence-electron chi connectivity index (χ4n) is 2.23. The summed E-state index contributed by atoms with van der Waals surface area (Å²) in [4.78, 5) is 0. The van der Waals surface area contributed by atoms with Crippen LogP contribution in [0.25, 0.3) is 21.8 Å². The first-order valence-electron chi connectivity index (χ1n) is 7.90. The second kappa shape index (κ2) is 10.9. The molecule has 2 aromatic carbocycles. The van der Waals surface area contributed by atoms with E-state index in [1.807, 2.05) is 52.9 Å². The average molecular weight is 839 g/mol. The Kier molecular flexibility index (Phi) is 9.62. The monoisotopic (exact) mass is 836 g/mol. The number of fused-ring (bicyclic) bond motifs is 2. The van der Waals surface area contributed by atoms with Gasteiger partial charge in [-0.15, -0.1) is 0 Å². The number of aromatic amines is 1. The first kappa shape index (κ1) is 27.2. The highest BCUT2D eigenvalue weighted by Gasteiger charge is 2.15. The molecule has 168 valence electrons. The van der Waals surface area contributed by atoms with Crippen molar-refractivity contribution in [1.82, 2.24) is 19.4 Å². The van der Waals surface area contributed by atoms with E-state index in [0.29, 0.717) is 9.22 Å². The minimum Gasteiger partial charge on any atom is -0.271 e. The maximum Gasteiger partial charge on any atom is 0.251 e. The number of hydrogen-bond donors (Lipinski definition) is 1. The maximum atomic E-state index is 11.5. The predicted molar refractivity (Wildman–Crippen MR) is 148 cm³/mol. The summed E-state index contributed by atoms with van der Waals surface area (Å²) in [5.41, 5.74) is 1.60. The zero-order chi connectivity index (χ0) is 23.6. The van der Waals surface area contributed by atoms with Crippen LogP contribution in [0.4, 0.5) is 0 Å². The molecule has 0 aliphatic rings. The molecule has 2 heterocycles. The maximum absolute atomic E-state index is 11.5. The van der Waals surface area contributed by atoms with Gasteiger partial charge in [-0.1, -0.05) is 31.9 Å². The molecule has 4 rings (SSSR count). The Labute approximate surface area is 227 Å². The highest BCUT2D eigenvalue weighted by atomic mass is 127. The largest absolute Gasteiger partial charge is 0.271 e. The van der Waals surface area contributed by atoms with E-state index < -0.39 is 19.1 Å². The summed E-state index contributed by atoms with van der Waals surface area (Å²) in [6.45, 7) is 0. The van der Waals surface area contributed by atoms with Crippen molar-refractivity contribution in [3.05, 3.63) is 52.7 Å². The van der Waals surface area contributed by atoms with Crippen LogP contribution in [0.3, 0.4) is 0 Å². The van der Waals surface area contributed by atoms with Gasteiger partial charge in [0.1, 0.15) is 7.40 Å². The molecule has 0 unspecified atom stereocenters. The van der Waals surface area contributed by atoms with Crippen molar-refractivity contribution in [2.75, 3.05) is 12.5 Å². The molecule has 15 heteroatoms. The average Bonchev–Trinajstić information content (AvgIpc) is 3.14. The normalized spacial score (nSPS) is 11.6. The second-order valence-electron chi connectivity index (χ2n) is 5.94. The van der Waals surface area contributed by atoms with E-state index >= 15 is 0 Å². The molecule has 0 fully saturated rings. The number of H-pyrrole nitrogens is 1. The minimum atomic E-state index is -3.35. The summed E-state index contributed by atoms with van der Waals surface area (Å²) < 4.78 is 46.4. The minimum absolute atomic E-state index is 0.594. The molecule has 0 bridgehead atoms. The molecule has 0 amide bonds. The highest BCUT2D eigenvalue weighted by molar-refractivity contribution is 14.1. The Morgan fingerprint density at radius 3 is 2.03 bits per heavy atom. The topological polar surface area (TPSA) is 115 Å². The molecule has 0 aliphatic carbocycles. The quantitative estimate of drug-likeness (QED) is 0.205. The molecule has 31 heavy (non-hydrogen) atoms. The second-order valence-corrected chi connectivity index (χ2v) is 14.7. The van der Waals surface area contributed by atoms with Crippen LogP contribution >= 0.6 is 87.7 Å². The molecule has 4 aromatic rings. The summed E-state index contributed by atoms with van der Waals surface area (Å²) in [7, 11) is -2.04. The molecular formula is C16H13Br2ClI2N4O4S2. The van der Waals surface area contributed by atoms with Gasteiger partial charge in [0.2, 0.25) is 9.05 Å². The molecular weight excluding hydrogens is 825 g/mol. The molecule has 0 spiro atoms. The van der Waals surface area contributed by atoms with Crippen LogP contribution in [-0.4, -0.2) is 48.7 Å². The first-order chi connectivity index (χ1) is 14.2. The number of nitrogens with one attached hydrogen (secondary N) is 1. The van der Waals surface area contributed by atoms with E-state index in [1.54, 1.807) is 6.07 Å². The van der Waals surface area contributed by atoms with Crippen molar-refractivity contribution in [2.45, 2.75) is 0 Å². The Bertz CT molecular complexity index is 1450. The predicted octanol–water partition coefficient (Wildman–Crippen LogP) is 5.33. The molecule has 0 radical (unpaired) electrons. The van der Waals surface area contributed by atoms with Crippen molar-refractivity contribution in [3.8, 4) is 0 Å². The fraction of sp³-hybridized carbons (Fsp3) is 0.125. The van der Waals surface area contributed by atoms with Crippen LogP contribution in [0.2, 0.25) is 0 Å². The Morgan fingerprint density at radius 1 is 0.968 bits per heavy atom. The lowest BCUT2D eigenvalue weighted by atomic mass is 10.3. The Balaban J connectivity index is 0.000000187. The lowest BCUT2D eigenvalue weighted by molar-refractivity contribution is 0.588. The third kappa shape index (κ3) is 8.37. The molecule has 0 atom stereocenters. The summed E-state index contributed by atoms with van der Waals surface area (Å²) in [6.07, 6.45) is 2.06. The van der Waals surface area contributed by atoms with Crippen LogP contribution in [-0.2, 0) is 19.1 Å². The van der Waals surface area contributed by atoms with Gasteiger partial charge in [0.15, 0.2) is 0 Å². The van der Waals surface area contributed by atoms with Gasteiger partial charge >= 0.3 is 0 Å². The fourth-order valence-corrected chi connectivity index (χ4v) is 5.06. The molecule has 8 nitrogen and oxygen atoms in total. The number of halogens is 5. The number of benzene rings is 2. The van der Waals surface area contributed by atoms with E-state index in [4.69, 9.17) is 0 Å². The van der Waals surface area contributed by atoms with Crippen molar-refractivity contribution in [1.29, 1.82) is 0 Å². The lowest BCUT2D eigenvalue weighted by Gasteiger charge is -1.99. The molecule has 0 saturated heterocycles. The van der Waals surface area contributed by atoms with E-state index in [9.17, 15) is 16.8 Å². The third-order valence-electron chi connectivity index (χ3n) is 3.35. The van der Waals surface area contributed by atoms with Gasteiger partial charge in [0, 0.05) is 30.4 Å². The smallest absolute Gasteiger partial charge is 0.251 e. The molecule has 0 aliphatic heterocycles. The van der Waals surface area contributed by atoms with Gasteiger partial charge in [-0.3, -0.25) is 5.10 Å². The first-order valence-corrected chi connectivity index (χ1v) is 16.2. The SMILES string of the molecule is Brc1ccc2c(I)[nH]nc2c1.CS(=O)(=O)Cl.CS(=O)(=O)n1nc(I)c2ccc(Br)cc21. The number of aromatic nitrogens is 4. The molecule has 1 N–H and O–H groups in total. The van der Waals surface area contributed by atoms with Gasteiger partial charge in [-0.25, -0.2) is 16.8 Å². The van der Waals surface area contributed by atoms with Gasteiger partial charge in [-0.2, -0.15) is 14.3 Å². The lowest BCUT2D eigenvalue weighted by Crippen LogP contribution is -2.11. The van der Waals surface area contributed by atoms with Crippen LogP contribution < -0.4 is 0 Å². The Morgan fingerprint density at radius 2 is 1.48 bits per heavy atom. The van der Waals surface area contributed by atoms with Crippen molar-refractivity contribution < 1.29 is 16.8 Å². The zero-order valence-corrected chi connectivity index (χ0v) is 25.5. The standard InChI is InChI=1S/C8H6BrIN2O2S.C7H4BrIN2.CH3ClO2S/c1-15(13,14)12-7-4-5(9)2-3-6(7)8(10)11-12;8-4-1-2-5-6(3-4)10-11-7(5)9;1-5(2,3)4/h2-4H,1H3;1-3H,(H,10,11);1H3. The summed E-state index contributed by atoms with van der Waals surface area (Å²) >= 11 is 10.9. The number of nitrogens with zero attached hydrogens (tertiary/aromatic N) is 3. The number of hydrogen-bond acceptors (Lipinski definition) is 6. The van der Waals surface area contributed by atoms with Crippen LogP contribution in [0.1, 0.15) is 0 Å². The van der Waals surface area contributed by atoms with E-state index in [1.165, 1.54) is 5.39 Å². The molecule has 0 saturated carbocycles. The van der Waals surface area contributed by atoms with Gasteiger partial charge < -0.3 is 0 Å². The Hall–Kier alpha value is -0.0100. The highest BCUT2D eigenvalue weighted by Crippen LogP contribution is 2.25. The third-order valence-corrected chi connectivity index (χ3v) is 6.86. The summed E-state index contributed by atoms with van der Waals surface area (Å²) in [6, 6.07) is 11.5. The summed E-state index contributed by atoms with van der Waals surface area (Å²) in [5, 5.41) is 13.0. The summed E-state index contributed by atoms with van der Waals surface area (Å²) in [5.74, 6) is 0. The van der Waals surface area contributed by atoms with Gasteiger partial charge in [0.05, 0.1) is 23.5 Å². The van der Waals surface area contributed by atoms with Gasteiger partial charge in [0.25, 0.3) is 10.0 Å². The van der Waals surface area contributed by atoms with E-state index in [-0.39, 0.29) is 0 Å². The van der Waals surface area contributed by atoms with E-state index in [0.717, 1.165) is 40.1 Å². The van der Waals surface area contributed by atoms with Gasteiger partial charge in [-0.05, 0) is 81.6 Å². The zero-order valence-electron chi connectivity index (χ0n) is 15.6. The van der Waals surface area contributed by atoms with Crippen LogP contribution in [0, 0.1) is 7.40 Å². The van der Waals surface area contributed by atoms with Crippen molar-refractivity contribution >= 4 is 129 Å². The van der Waals surface area contributed by atoms with Crippen LogP contribution in [0.15, 0.2) is 45.3 Å². The van der Waals surface area contributed by atoms with Crippen LogP contribution in [0.5, 0.6) is 0 Å². The van der Waals surface area contributed by atoms with Crippen molar-refractivity contribution in [2.24, 2.45) is 0 Å². The van der Waals surface area contributed by atoms with E-state index in [2.05, 4.69) is 80.4 Å².